The first-order valence-corrected chi connectivity index (χ1v) is 6.85. The third kappa shape index (κ3) is 3.14. The Balaban J connectivity index is 2.43. The van der Waals surface area contributed by atoms with Crippen LogP contribution in [0.4, 0.5) is 15.8 Å². The summed E-state index contributed by atoms with van der Waals surface area (Å²) in [6, 6.07) is 12.4. The predicted octanol–water partition coefficient (Wildman–Crippen LogP) is 4.33. The number of anilines is 2. The lowest BCUT2D eigenvalue weighted by molar-refractivity contribution is 0.628. The molecule has 0 unspecified atom stereocenters. The number of nitrogens with two attached hydrogens (primary N) is 1. The second kappa shape index (κ2) is 6.01. The van der Waals surface area contributed by atoms with E-state index in [-0.39, 0.29) is 10.8 Å². The van der Waals surface area contributed by atoms with Gasteiger partial charge in [-0.1, -0.05) is 44.3 Å². The van der Waals surface area contributed by atoms with E-state index in [1.165, 1.54) is 17.7 Å². The summed E-state index contributed by atoms with van der Waals surface area (Å²) in [6.45, 7) is 4.25. The van der Waals surface area contributed by atoms with Crippen LogP contribution in [0.1, 0.15) is 30.9 Å². The number of thiocarbonyl (C=S) groups is 1. The van der Waals surface area contributed by atoms with Gasteiger partial charge >= 0.3 is 0 Å². The molecule has 0 heterocycles. The normalized spacial score (nSPS) is 10.6. The molecule has 0 aliphatic carbocycles. The van der Waals surface area contributed by atoms with Crippen LogP contribution in [0.25, 0.3) is 0 Å². The first-order valence-electron chi connectivity index (χ1n) is 6.44. The van der Waals surface area contributed by atoms with E-state index in [1.54, 1.807) is 6.07 Å². The largest absolute Gasteiger partial charge is 0.389 e. The molecule has 0 saturated heterocycles. The Kier molecular flexibility index (Phi) is 4.35. The lowest BCUT2D eigenvalue weighted by atomic mass is 10.0. The molecule has 3 N–H and O–H groups in total. The fourth-order valence-electron chi connectivity index (χ4n) is 2.09. The molecule has 2 aromatic rings. The summed E-state index contributed by atoms with van der Waals surface area (Å²) in [5.41, 5.74) is 9.05. The highest BCUT2D eigenvalue weighted by Crippen LogP contribution is 2.28. The van der Waals surface area contributed by atoms with Crippen molar-refractivity contribution in [2.75, 3.05) is 5.32 Å². The Labute approximate surface area is 123 Å². The number of nitrogens with one attached hydrogen (secondary N) is 1. The minimum absolute atomic E-state index is 0.175. The number of benzene rings is 2. The maximum atomic E-state index is 13.3. The highest BCUT2D eigenvalue weighted by Gasteiger charge is 2.10. The smallest absolute Gasteiger partial charge is 0.124 e. The quantitative estimate of drug-likeness (QED) is 0.823. The predicted molar refractivity (Wildman–Crippen MR) is 86.1 cm³/mol. The van der Waals surface area contributed by atoms with Gasteiger partial charge in [-0.15, -0.1) is 0 Å². The van der Waals surface area contributed by atoms with Gasteiger partial charge in [-0.25, -0.2) is 4.39 Å². The molecular weight excluding hydrogens is 271 g/mol. The SMILES string of the molecule is CC(C)c1ccccc1Nc1ccc(F)cc1C(N)=S. The topological polar surface area (TPSA) is 38.0 Å². The van der Waals surface area contributed by atoms with E-state index in [1.807, 2.05) is 18.2 Å². The van der Waals surface area contributed by atoms with Gasteiger partial charge in [-0.2, -0.15) is 0 Å². The number of halogens is 1. The summed E-state index contributed by atoms with van der Waals surface area (Å²) in [7, 11) is 0. The van der Waals surface area contributed by atoms with Crippen LogP contribution in [0.2, 0.25) is 0 Å². The Bertz CT molecular complexity index is 638. The Morgan fingerprint density at radius 3 is 2.50 bits per heavy atom. The fourth-order valence-corrected chi connectivity index (χ4v) is 2.26. The summed E-state index contributed by atoms with van der Waals surface area (Å²) in [5.74, 6) is 0.0305. The number of rotatable bonds is 4. The van der Waals surface area contributed by atoms with E-state index in [4.69, 9.17) is 18.0 Å². The molecule has 0 bridgehead atoms. The molecule has 0 saturated carbocycles. The standard InChI is InChI=1S/C16H17FN2S/c1-10(2)12-5-3-4-6-14(12)19-15-8-7-11(17)9-13(15)16(18)20/h3-10,19H,1-2H3,(H2,18,20). The molecule has 2 nitrogen and oxygen atoms in total. The van der Waals surface area contributed by atoms with Crippen molar-refractivity contribution < 1.29 is 4.39 Å². The Hall–Kier alpha value is -1.94. The zero-order valence-corrected chi connectivity index (χ0v) is 12.3. The van der Waals surface area contributed by atoms with Crippen LogP contribution in [0.3, 0.4) is 0 Å². The monoisotopic (exact) mass is 288 g/mol. The van der Waals surface area contributed by atoms with Crippen LogP contribution >= 0.6 is 12.2 Å². The van der Waals surface area contributed by atoms with E-state index >= 15 is 0 Å². The third-order valence-corrected chi connectivity index (χ3v) is 3.32. The summed E-state index contributed by atoms with van der Waals surface area (Å²) < 4.78 is 13.3. The first-order chi connectivity index (χ1) is 9.49. The van der Waals surface area contributed by atoms with Crippen molar-refractivity contribution >= 4 is 28.6 Å². The zero-order valence-electron chi connectivity index (χ0n) is 11.5. The van der Waals surface area contributed by atoms with Gasteiger partial charge in [-0.3, -0.25) is 0 Å². The van der Waals surface area contributed by atoms with Crippen LogP contribution in [0.5, 0.6) is 0 Å². The zero-order chi connectivity index (χ0) is 14.7. The molecule has 0 aromatic heterocycles. The highest BCUT2D eigenvalue weighted by molar-refractivity contribution is 7.80. The molecule has 20 heavy (non-hydrogen) atoms. The number of hydrogen-bond acceptors (Lipinski definition) is 2. The summed E-state index contributed by atoms with van der Waals surface area (Å²) in [4.78, 5) is 0.175. The maximum absolute atomic E-state index is 13.3. The second-order valence-corrected chi connectivity index (χ2v) is 5.36. The Morgan fingerprint density at radius 2 is 1.85 bits per heavy atom. The van der Waals surface area contributed by atoms with Crippen LogP contribution in [0, 0.1) is 5.82 Å². The van der Waals surface area contributed by atoms with E-state index in [0.29, 0.717) is 17.2 Å². The van der Waals surface area contributed by atoms with Crippen LogP contribution in [-0.4, -0.2) is 4.99 Å². The second-order valence-electron chi connectivity index (χ2n) is 4.92. The van der Waals surface area contributed by atoms with Crippen molar-refractivity contribution in [1.29, 1.82) is 0 Å². The van der Waals surface area contributed by atoms with E-state index < -0.39 is 0 Å². The van der Waals surface area contributed by atoms with Gasteiger partial charge in [0.15, 0.2) is 0 Å². The molecule has 0 amide bonds. The first kappa shape index (κ1) is 14.5. The molecule has 0 aliphatic rings. The molecule has 4 heteroatoms. The molecular formula is C16H17FN2S. The van der Waals surface area contributed by atoms with Crippen molar-refractivity contribution in [3.8, 4) is 0 Å². The molecule has 2 aromatic carbocycles. The average Bonchev–Trinajstić information content (AvgIpc) is 2.41. The molecule has 0 radical (unpaired) electrons. The molecule has 2 rings (SSSR count). The lowest BCUT2D eigenvalue weighted by Gasteiger charge is -2.16. The van der Waals surface area contributed by atoms with Gasteiger partial charge in [0.1, 0.15) is 10.8 Å². The van der Waals surface area contributed by atoms with E-state index in [9.17, 15) is 4.39 Å². The molecule has 0 fully saturated rings. The van der Waals surface area contributed by atoms with Gasteiger partial charge in [0.05, 0.1) is 0 Å². The molecule has 104 valence electrons. The van der Waals surface area contributed by atoms with Gasteiger partial charge in [-0.05, 0) is 35.7 Å². The van der Waals surface area contributed by atoms with Crippen molar-refractivity contribution in [2.45, 2.75) is 19.8 Å². The van der Waals surface area contributed by atoms with Crippen LogP contribution < -0.4 is 11.1 Å². The lowest BCUT2D eigenvalue weighted by Crippen LogP contribution is -2.12. The molecule has 0 aliphatic heterocycles. The van der Waals surface area contributed by atoms with Crippen LogP contribution in [0.15, 0.2) is 42.5 Å². The van der Waals surface area contributed by atoms with Crippen molar-refractivity contribution in [3.05, 3.63) is 59.4 Å². The maximum Gasteiger partial charge on any atom is 0.124 e. The number of para-hydroxylation sites is 1. The highest BCUT2D eigenvalue weighted by atomic mass is 32.1. The summed E-state index contributed by atoms with van der Waals surface area (Å²) in [5, 5.41) is 3.30. The van der Waals surface area contributed by atoms with Gasteiger partial charge < -0.3 is 11.1 Å². The van der Waals surface area contributed by atoms with Gasteiger partial charge in [0.25, 0.3) is 0 Å². The molecule has 0 spiro atoms. The van der Waals surface area contributed by atoms with Crippen molar-refractivity contribution in [3.63, 3.8) is 0 Å². The molecule has 0 atom stereocenters. The number of hydrogen-bond donors (Lipinski definition) is 2. The summed E-state index contributed by atoms with van der Waals surface area (Å²) >= 11 is 4.98. The minimum Gasteiger partial charge on any atom is -0.389 e. The third-order valence-electron chi connectivity index (χ3n) is 3.10. The van der Waals surface area contributed by atoms with Crippen molar-refractivity contribution in [2.24, 2.45) is 5.73 Å². The Morgan fingerprint density at radius 1 is 1.15 bits per heavy atom. The van der Waals surface area contributed by atoms with E-state index in [0.717, 1.165) is 5.69 Å². The summed E-state index contributed by atoms with van der Waals surface area (Å²) in [6.07, 6.45) is 0. The minimum atomic E-state index is -0.351. The average molecular weight is 288 g/mol. The van der Waals surface area contributed by atoms with Gasteiger partial charge in [0, 0.05) is 16.9 Å². The fraction of sp³-hybridized carbons (Fsp3) is 0.188. The van der Waals surface area contributed by atoms with Gasteiger partial charge in [0.2, 0.25) is 0 Å². The van der Waals surface area contributed by atoms with Crippen LogP contribution in [-0.2, 0) is 0 Å². The van der Waals surface area contributed by atoms with E-state index in [2.05, 4.69) is 25.2 Å². The van der Waals surface area contributed by atoms with Crippen molar-refractivity contribution in [1.82, 2.24) is 0 Å².